The fourth-order valence-corrected chi connectivity index (χ4v) is 1.98. The Kier molecular flexibility index (Phi) is 5.71. The van der Waals surface area contributed by atoms with Crippen molar-refractivity contribution in [1.29, 1.82) is 0 Å². The van der Waals surface area contributed by atoms with E-state index in [2.05, 4.69) is 10.3 Å². The minimum Gasteiger partial charge on any atom is -0.467 e. The molecule has 6 heteroatoms. The molecule has 6 nitrogen and oxygen atoms in total. The van der Waals surface area contributed by atoms with E-state index in [4.69, 9.17) is 4.42 Å². The number of carbonyl (C=O) groups is 2. The summed E-state index contributed by atoms with van der Waals surface area (Å²) in [4.78, 5) is 29.1. The van der Waals surface area contributed by atoms with E-state index in [0.29, 0.717) is 25.4 Å². The molecule has 22 heavy (non-hydrogen) atoms. The van der Waals surface area contributed by atoms with Crippen LogP contribution in [0.15, 0.2) is 47.3 Å². The molecule has 0 atom stereocenters. The summed E-state index contributed by atoms with van der Waals surface area (Å²) >= 11 is 0. The number of pyridine rings is 1. The average molecular weight is 301 g/mol. The standard InChI is InChI=1S/C16H19N3O3/c1-13(20)19(12-14-4-2-7-17-10-14)8-6-16(21)18-11-15-5-3-9-22-15/h2-5,7,9-10H,6,8,11-12H2,1H3,(H,18,21). The van der Waals surface area contributed by atoms with Crippen molar-refractivity contribution in [2.24, 2.45) is 0 Å². The van der Waals surface area contributed by atoms with Gasteiger partial charge in [0.1, 0.15) is 5.76 Å². The lowest BCUT2D eigenvalue weighted by atomic mass is 10.2. The van der Waals surface area contributed by atoms with Gasteiger partial charge in [-0.15, -0.1) is 0 Å². The first-order valence-electron chi connectivity index (χ1n) is 7.08. The van der Waals surface area contributed by atoms with Crippen LogP contribution in [0.2, 0.25) is 0 Å². The number of nitrogens with zero attached hydrogens (tertiary/aromatic N) is 2. The van der Waals surface area contributed by atoms with Gasteiger partial charge in [-0.3, -0.25) is 14.6 Å². The molecule has 0 unspecified atom stereocenters. The monoisotopic (exact) mass is 301 g/mol. The Morgan fingerprint density at radius 1 is 1.32 bits per heavy atom. The first-order valence-corrected chi connectivity index (χ1v) is 7.08. The highest BCUT2D eigenvalue weighted by molar-refractivity contribution is 5.77. The predicted octanol–water partition coefficient (Wildman–Crippen LogP) is 1.73. The SMILES string of the molecule is CC(=O)N(CCC(=O)NCc1ccco1)Cc1cccnc1. The topological polar surface area (TPSA) is 75.4 Å². The van der Waals surface area contributed by atoms with Gasteiger partial charge in [0, 0.05) is 38.8 Å². The molecule has 2 aromatic rings. The van der Waals surface area contributed by atoms with Crippen molar-refractivity contribution in [3.63, 3.8) is 0 Å². The molecule has 0 saturated heterocycles. The molecule has 0 spiro atoms. The van der Waals surface area contributed by atoms with Gasteiger partial charge < -0.3 is 14.6 Å². The van der Waals surface area contributed by atoms with Crippen LogP contribution in [0.3, 0.4) is 0 Å². The summed E-state index contributed by atoms with van der Waals surface area (Å²) in [6.45, 7) is 2.68. The largest absolute Gasteiger partial charge is 0.467 e. The molecule has 0 fully saturated rings. The van der Waals surface area contributed by atoms with Gasteiger partial charge >= 0.3 is 0 Å². The molecule has 0 aliphatic rings. The summed E-state index contributed by atoms with van der Waals surface area (Å²) in [5.74, 6) is 0.517. The molecular formula is C16H19N3O3. The van der Waals surface area contributed by atoms with Gasteiger partial charge in [-0.05, 0) is 23.8 Å². The lowest BCUT2D eigenvalue weighted by Crippen LogP contribution is -2.33. The quantitative estimate of drug-likeness (QED) is 0.845. The highest BCUT2D eigenvalue weighted by atomic mass is 16.3. The van der Waals surface area contributed by atoms with Crippen LogP contribution < -0.4 is 5.32 Å². The van der Waals surface area contributed by atoms with Gasteiger partial charge in [-0.2, -0.15) is 0 Å². The fraction of sp³-hybridized carbons (Fsp3) is 0.312. The second-order valence-electron chi connectivity index (χ2n) is 4.91. The number of rotatable bonds is 7. The van der Waals surface area contributed by atoms with Crippen LogP contribution in [0, 0.1) is 0 Å². The van der Waals surface area contributed by atoms with Crippen LogP contribution in [-0.2, 0) is 22.7 Å². The first-order chi connectivity index (χ1) is 10.6. The molecule has 0 aliphatic carbocycles. The van der Waals surface area contributed by atoms with E-state index in [-0.39, 0.29) is 18.2 Å². The lowest BCUT2D eigenvalue weighted by molar-refractivity contribution is -0.130. The molecule has 2 heterocycles. The number of amides is 2. The van der Waals surface area contributed by atoms with Crippen LogP contribution in [-0.4, -0.2) is 28.2 Å². The highest BCUT2D eigenvalue weighted by Gasteiger charge is 2.12. The van der Waals surface area contributed by atoms with Crippen molar-refractivity contribution in [2.45, 2.75) is 26.4 Å². The second-order valence-corrected chi connectivity index (χ2v) is 4.91. The number of hydrogen-bond acceptors (Lipinski definition) is 4. The molecule has 1 N–H and O–H groups in total. The molecule has 2 aromatic heterocycles. The van der Waals surface area contributed by atoms with Crippen molar-refractivity contribution in [3.8, 4) is 0 Å². The van der Waals surface area contributed by atoms with E-state index in [1.165, 1.54) is 6.92 Å². The Balaban J connectivity index is 1.78. The Morgan fingerprint density at radius 3 is 2.82 bits per heavy atom. The maximum Gasteiger partial charge on any atom is 0.222 e. The molecule has 0 saturated carbocycles. The third-order valence-corrected chi connectivity index (χ3v) is 3.19. The second kappa shape index (κ2) is 7.97. The Bertz CT molecular complexity index is 596. The van der Waals surface area contributed by atoms with E-state index < -0.39 is 0 Å². The van der Waals surface area contributed by atoms with Gasteiger partial charge in [0.25, 0.3) is 0 Å². The Labute approximate surface area is 129 Å². The first kappa shape index (κ1) is 15.8. The van der Waals surface area contributed by atoms with Gasteiger partial charge in [0.15, 0.2) is 0 Å². The third kappa shape index (κ3) is 5.05. The number of carbonyl (C=O) groups excluding carboxylic acids is 2. The fourth-order valence-electron chi connectivity index (χ4n) is 1.98. The Morgan fingerprint density at radius 2 is 2.18 bits per heavy atom. The van der Waals surface area contributed by atoms with E-state index in [1.807, 2.05) is 12.1 Å². The Hall–Kier alpha value is -2.63. The van der Waals surface area contributed by atoms with Gasteiger partial charge in [0.05, 0.1) is 12.8 Å². The van der Waals surface area contributed by atoms with Crippen LogP contribution in [0.1, 0.15) is 24.7 Å². The summed E-state index contributed by atoms with van der Waals surface area (Å²) in [6.07, 6.45) is 5.21. The van der Waals surface area contributed by atoms with Crippen molar-refractivity contribution in [2.75, 3.05) is 6.54 Å². The minimum atomic E-state index is -0.117. The summed E-state index contributed by atoms with van der Waals surface area (Å²) < 4.78 is 5.14. The zero-order valence-electron chi connectivity index (χ0n) is 12.5. The van der Waals surface area contributed by atoms with Crippen molar-refractivity contribution < 1.29 is 14.0 Å². The summed E-state index contributed by atoms with van der Waals surface area (Å²) in [5, 5.41) is 2.76. The molecule has 0 aromatic carbocycles. The maximum absolute atomic E-state index is 11.8. The molecule has 2 amide bonds. The smallest absolute Gasteiger partial charge is 0.222 e. The summed E-state index contributed by atoms with van der Waals surface area (Å²) in [5.41, 5.74) is 0.939. The van der Waals surface area contributed by atoms with Crippen LogP contribution >= 0.6 is 0 Å². The van der Waals surface area contributed by atoms with Crippen molar-refractivity contribution in [1.82, 2.24) is 15.2 Å². The molecular weight excluding hydrogens is 282 g/mol. The van der Waals surface area contributed by atoms with Crippen molar-refractivity contribution in [3.05, 3.63) is 54.2 Å². The van der Waals surface area contributed by atoms with Crippen LogP contribution in [0.4, 0.5) is 0 Å². The van der Waals surface area contributed by atoms with Crippen LogP contribution in [0.25, 0.3) is 0 Å². The molecule has 0 bridgehead atoms. The highest BCUT2D eigenvalue weighted by Crippen LogP contribution is 2.04. The number of hydrogen-bond donors (Lipinski definition) is 1. The number of aromatic nitrogens is 1. The predicted molar refractivity (Wildman–Crippen MR) is 80.5 cm³/mol. The third-order valence-electron chi connectivity index (χ3n) is 3.19. The number of nitrogens with one attached hydrogen (secondary N) is 1. The lowest BCUT2D eigenvalue weighted by Gasteiger charge is -2.20. The van der Waals surface area contributed by atoms with Gasteiger partial charge in [0.2, 0.25) is 11.8 Å². The molecule has 116 valence electrons. The number of furan rings is 1. The molecule has 2 rings (SSSR count). The van der Waals surface area contributed by atoms with E-state index in [0.717, 1.165) is 5.56 Å². The zero-order valence-corrected chi connectivity index (χ0v) is 12.5. The van der Waals surface area contributed by atoms with E-state index in [9.17, 15) is 9.59 Å². The van der Waals surface area contributed by atoms with E-state index in [1.54, 1.807) is 35.7 Å². The van der Waals surface area contributed by atoms with Crippen molar-refractivity contribution >= 4 is 11.8 Å². The van der Waals surface area contributed by atoms with Gasteiger partial charge in [-0.1, -0.05) is 6.07 Å². The normalized spacial score (nSPS) is 10.2. The minimum absolute atomic E-state index is 0.0670. The van der Waals surface area contributed by atoms with E-state index >= 15 is 0 Å². The summed E-state index contributed by atoms with van der Waals surface area (Å²) in [6, 6.07) is 7.29. The molecule has 0 aliphatic heterocycles. The molecule has 0 radical (unpaired) electrons. The van der Waals surface area contributed by atoms with Gasteiger partial charge in [-0.25, -0.2) is 0 Å². The zero-order chi connectivity index (χ0) is 15.8. The average Bonchev–Trinajstić information content (AvgIpc) is 3.03. The maximum atomic E-state index is 11.8. The summed E-state index contributed by atoms with van der Waals surface area (Å²) in [7, 11) is 0. The van der Waals surface area contributed by atoms with Crippen LogP contribution in [0.5, 0.6) is 0 Å².